The van der Waals surface area contributed by atoms with E-state index in [1.165, 1.54) is 0 Å². The first-order valence-corrected chi connectivity index (χ1v) is 13.3. The van der Waals surface area contributed by atoms with E-state index in [4.69, 9.17) is 4.74 Å². The fourth-order valence-electron chi connectivity index (χ4n) is 4.30. The third-order valence-electron chi connectivity index (χ3n) is 6.15. The zero-order valence-electron chi connectivity index (χ0n) is 19.4. The monoisotopic (exact) mass is 484 g/mol. The van der Waals surface area contributed by atoms with Gasteiger partial charge in [0.1, 0.15) is 0 Å². The van der Waals surface area contributed by atoms with Crippen molar-refractivity contribution in [2.75, 3.05) is 6.61 Å². The molecular formula is C25H32N4O4S. The Bertz CT molecular complexity index is 1150. The molecule has 0 spiro atoms. The number of sulfonamides is 1. The number of ether oxygens (including phenoxy) is 1. The van der Waals surface area contributed by atoms with Crippen LogP contribution in [0.2, 0.25) is 0 Å². The van der Waals surface area contributed by atoms with Crippen LogP contribution in [0.5, 0.6) is 0 Å². The van der Waals surface area contributed by atoms with Crippen LogP contribution in [0.4, 0.5) is 0 Å². The van der Waals surface area contributed by atoms with Gasteiger partial charge in [-0.25, -0.2) is 13.1 Å². The van der Waals surface area contributed by atoms with Gasteiger partial charge in [-0.15, -0.1) is 5.10 Å². The fraction of sp³-hybridized carbons (Fsp3) is 0.440. The Morgan fingerprint density at radius 2 is 1.82 bits per heavy atom. The van der Waals surface area contributed by atoms with E-state index in [1.54, 1.807) is 24.3 Å². The van der Waals surface area contributed by atoms with Crippen LogP contribution in [0.15, 0.2) is 65.7 Å². The number of aryl methyl sites for hydroxylation is 2. The topological polar surface area (TPSA) is 106 Å². The van der Waals surface area contributed by atoms with Crippen molar-refractivity contribution < 1.29 is 18.3 Å². The Kier molecular flexibility index (Phi) is 8.10. The van der Waals surface area contributed by atoms with Crippen LogP contribution in [0, 0.1) is 0 Å². The minimum Gasteiger partial charge on any atom is -0.394 e. The summed E-state index contributed by atoms with van der Waals surface area (Å²) in [6.07, 6.45) is 5.25. The van der Waals surface area contributed by atoms with Gasteiger partial charge in [0.05, 0.1) is 35.4 Å². The Morgan fingerprint density at radius 3 is 2.53 bits per heavy atom. The molecule has 0 aliphatic carbocycles. The second kappa shape index (κ2) is 11.2. The molecule has 0 saturated carbocycles. The van der Waals surface area contributed by atoms with E-state index in [9.17, 15) is 13.5 Å². The number of aliphatic hydroxyl groups excluding tert-OH is 1. The number of aromatic nitrogens is 3. The minimum atomic E-state index is -3.74. The summed E-state index contributed by atoms with van der Waals surface area (Å²) < 4.78 is 36.6. The summed E-state index contributed by atoms with van der Waals surface area (Å²) in [6, 6.07) is 16.1. The molecule has 2 heterocycles. The van der Waals surface area contributed by atoms with Crippen molar-refractivity contribution >= 4 is 10.0 Å². The summed E-state index contributed by atoms with van der Waals surface area (Å²) >= 11 is 0. The number of aliphatic hydroxyl groups is 1. The first kappa shape index (κ1) is 24.5. The van der Waals surface area contributed by atoms with Crippen LogP contribution >= 0.6 is 0 Å². The van der Waals surface area contributed by atoms with Crippen LogP contribution in [0.1, 0.15) is 38.3 Å². The molecule has 1 aliphatic rings. The Labute approximate surface area is 201 Å². The lowest BCUT2D eigenvalue weighted by Crippen LogP contribution is -2.50. The van der Waals surface area contributed by atoms with Gasteiger partial charge in [-0.3, -0.25) is 4.68 Å². The van der Waals surface area contributed by atoms with Crippen molar-refractivity contribution in [3.05, 3.63) is 66.5 Å². The summed E-state index contributed by atoms with van der Waals surface area (Å²) in [5.41, 5.74) is 2.95. The van der Waals surface area contributed by atoms with Gasteiger partial charge in [0, 0.05) is 12.7 Å². The average molecular weight is 485 g/mol. The molecule has 2 N–H and O–H groups in total. The summed E-state index contributed by atoms with van der Waals surface area (Å²) in [4.78, 5) is 0.195. The zero-order chi connectivity index (χ0) is 24.0. The molecule has 182 valence electrons. The molecule has 0 bridgehead atoms. The molecule has 1 aromatic heterocycles. The fourth-order valence-corrected chi connectivity index (χ4v) is 5.60. The van der Waals surface area contributed by atoms with E-state index in [0.717, 1.165) is 36.1 Å². The first-order valence-electron chi connectivity index (χ1n) is 11.8. The molecule has 8 nitrogen and oxygen atoms in total. The van der Waals surface area contributed by atoms with Gasteiger partial charge in [0.25, 0.3) is 0 Å². The van der Waals surface area contributed by atoms with Crippen molar-refractivity contribution in [1.29, 1.82) is 0 Å². The predicted octanol–water partition coefficient (Wildman–Crippen LogP) is 3.17. The minimum absolute atomic E-state index is 0.0677. The highest BCUT2D eigenvalue weighted by Gasteiger charge is 2.34. The van der Waals surface area contributed by atoms with Crippen LogP contribution in [-0.2, 0) is 27.7 Å². The Morgan fingerprint density at radius 1 is 1.09 bits per heavy atom. The van der Waals surface area contributed by atoms with Crippen molar-refractivity contribution in [2.24, 2.45) is 0 Å². The van der Waals surface area contributed by atoms with Gasteiger partial charge >= 0.3 is 0 Å². The molecule has 2 aromatic carbocycles. The highest BCUT2D eigenvalue weighted by Crippen LogP contribution is 2.25. The van der Waals surface area contributed by atoms with E-state index in [1.807, 2.05) is 41.2 Å². The molecule has 0 radical (unpaired) electrons. The molecule has 9 heteroatoms. The molecule has 1 aliphatic heterocycles. The molecule has 0 unspecified atom stereocenters. The van der Waals surface area contributed by atoms with Crippen LogP contribution in [0.25, 0.3) is 11.1 Å². The maximum Gasteiger partial charge on any atom is 0.240 e. The maximum atomic E-state index is 13.0. The molecule has 3 aromatic rings. The van der Waals surface area contributed by atoms with E-state index in [2.05, 4.69) is 22.0 Å². The van der Waals surface area contributed by atoms with E-state index >= 15 is 0 Å². The third kappa shape index (κ3) is 6.09. The van der Waals surface area contributed by atoms with E-state index in [0.29, 0.717) is 19.4 Å². The molecule has 34 heavy (non-hydrogen) atoms. The Balaban J connectivity index is 1.34. The number of hydrogen-bond donors (Lipinski definition) is 2. The number of rotatable bonds is 10. The van der Waals surface area contributed by atoms with Crippen molar-refractivity contribution in [1.82, 2.24) is 19.7 Å². The summed E-state index contributed by atoms with van der Waals surface area (Å²) in [7, 11) is -3.74. The molecule has 1 saturated heterocycles. The van der Waals surface area contributed by atoms with Crippen LogP contribution < -0.4 is 4.72 Å². The SMILES string of the molecule is CCCc1cn(CC[C@@H]2CC[C@H](NS(=O)(=O)c3ccc(-c4ccccc4)cc3)[C@H](CO)O2)nn1. The lowest BCUT2D eigenvalue weighted by atomic mass is 9.98. The van der Waals surface area contributed by atoms with Gasteiger partial charge in [-0.1, -0.05) is 61.0 Å². The second-order valence-electron chi connectivity index (χ2n) is 8.69. The molecule has 0 amide bonds. The van der Waals surface area contributed by atoms with Crippen LogP contribution in [0.3, 0.4) is 0 Å². The number of hydrogen-bond acceptors (Lipinski definition) is 6. The first-order chi connectivity index (χ1) is 16.5. The predicted molar refractivity (Wildman–Crippen MR) is 130 cm³/mol. The molecular weight excluding hydrogens is 452 g/mol. The summed E-state index contributed by atoms with van der Waals surface area (Å²) in [5.74, 6) is 0. The normalized spacial score (nSPS) is 20.9. The number of nitrogens with one attached hydrogen (secondary N) is 1. The van der Waals surface area contributed by atoms with Crippen molar-refractivity contribution in [3.63, 3.8) is 0 Å². The van der Waals surface area contributed by atoms with Gasteiger partial charge in [0.15, 0.2) is 0 Å². The maximum absolute atomic E-state index is 13.0. The van der Waals surface area contributed by atoms with Gasteiger partial charge < -0.3 is 9.84 Å². The summed E-state index contributed by atoms with van der Waals surface area (Å²) in [5, 5.41) is 18.2. The lowest BCUT2D eigenvalue weighted by Gasteiger charge is -2.36. The highest BCUT2D eigenvalue weighted by atomic mass is 32.2. The third-order valence-corrected chi connectivity index (χ3v) is 7.65. The van der Waals surface area contributed by atoms with Gasteiger partial charge in [0.2, 0.25) is 10.0 Å². The average Bonchev–Trinajstić information content (AvgIpc) is 3.31. The molecule has 1 fully saturated rings. The van der Waals surface area contributed by atoms with E-state index in [-0.39, 0.29) is 17.6 Å². The zero-order valence-corrected chi connectivity index (χ0v) is 20.2. The smallest absolute Gasteiger partial charge is 0.240 e. The van der Waals surface area contributed by atoms with Crippen molar-refractivity contribution in [3.8, 4) is 11.1 Å². The van der Waals surface area contributed by atoms with E-state index < -0.39 is 22.2 Å². The van der Waals surface area contributed by atoms with Crippen molar-refractivity contribution in [2.45, 2.75) is 68.7 Å². The Hall–Kier alpha value is -2.59. The standard InChI is InChI=1S/C25H32N4O4S/c1-2-6-21-17-29(28-26-21)16-15-22-11-14-24(25(18-30)33-22)27-34(31,32)23-12-9-20(10-13-23)19-7-4-3-5-8-19/h3-5,7-10,12-13,17,22,24-25,27,30H,2,6,11,14-16,18H2,1H3/t22-,24-,25-/m0/s1. The number of nitrogens with zero attached hydrogens (tertiary/aromatic N) is 3. The van der Waals surface area contributed by atoms with Gasteiger partial charge in [-0.05, 0) is 48.9 Å². The quantitative estimate of drug-likeness (QED) is 0.458. The lowest BCUT2D eigenvalue weighted by molar-refractivity contribution is -0.0891. The number of benzene rings is 2. The summed E-state index contributed by atoms with van der Waals surface area (Å²) in [6.45, 7) is 2.53. The highest BCUT2D eigenvalue weighted by molar-refractivity contribution is 7.89. The van der Waals surface area contributed by atoms with Gasteiger partial charge in [-0.2, -0.15) is 0 Å². The second-order valence-corrected chi connectivity index (χ2v) is 10.4. The molecule has 4 rings (SSSR count). The molecule has 3 atom stereocenters. The largest absolute Gasteiger partial charge is 0.394 e. The van der Waals surface area contributed by atoms with Crippen LogP contribution in [-0.4, -0.2) is 53.4 Å².